The van der Waals surface area contributed by atoms with Gasteiger partial charge in [-0.3, -0.25) is 4.79 Å². The molecule has 2 heterocycles. The molecule has 0 radical (unpaired) electrons. The first kappa shape index (κ1) is 21.9. The summed E-state index contributed by atoms with van der Waals surface area (Å²) < 4.78 is 24.9. The van der Waals surface area contributed by atoms with Crippen LogP contribution in [0.5, 0.6) is 0 Å². The molecule has 2 aliphatic rings. The van der Waals surface area contributed by atoms with E-state index in [1.807, 2.05) is 4.90 Å². The summed E-state index contributed by atoms with van der Waals surface area (Å²) in [5.74, 6) is 0.771. The number of benzene rings is 2. The average molecular weight is 470 g/mol. The number of ether oxygens (including phenoxy) is 1. The molecule has 1 aliphatic carbocycles. The number of carbonyl (C=O) groups excluding carboxylic acids is 1. The van der Waals surface area contributed by atoms with Crippen molar-refractivity contribution < 1.29 is 18.4 Å². The van der Waals surface area contributed by atoms with Crippen LogP contribution in [0.25, 0.3) is 11.3 Å². The van der Waals surface area contributed by atoms with Crippen molar-refractivity contribution in [2.24, 2.45) is 5.92 Å². The topological polar surface area (TPSA) is 58.8 Å². The van der Waals surface area contributed by atoms with Crippen molar-refractivity contribution in [2.75, 3.05) is 37.7 Å². The number of nitrogens with zero attached hydrogens (tertiary/aromatic N) is 3. The van der Waals surface area contributed by atoms with Crippen LogP contribution in [0.15, 0.2) is 53.1 Å². The summed E-state index contributed by atoms with van der Waals surface area (Å²) in [4.78, 5) is 17.4. The molecule has 0 atom stereocenters. The maximum atomic E-state index is 13.6. The van der Waals surface area contributed by atoms with Gasteiger partial charge in [0.15, 0.2) is 0 Å². The highest BCUT2D eigenvalue weighted by Gasteiger charge is 2.31. The van der Waals surface area contributed by atoms with Crippen molar-refractivity contribution in [2.45, 2.75) is 19.4 Å². The molecule has 1 saturated carbocycles. The number of anilines is 1. The van der Waals surface area contributed by atoms with Crippen LogP contribution in [0.4, 0.5) is 10.3 Å². The van der Waals surface area contributed by atoms with Gasteiger partial charge in [-0.25, -0.2) is 4.39 Å². The number of halogens is 2. The fourth-order valence-electron chi connectivity index (χ4n) is 4.09. The number of aromatic nitrogens is 1. The lowest BCUT2D eigenvalue weighted by Crippen LogP contribution is -2.37. The van der Waals surface area contributed by atoms with E-state index in [0.29, 0.717) is 67.5 Å². The summed E-state index contributed by atoms with van der Waals surface area (Å²) in [5.41, 5.74) is 2.79. The van der Waals surface area contributed by atoms with Gasteiger partial charge in [0.2, 0.25) is 5.88 Å². The van der Waals surface area contributed by atoms with Gasteiger partial charge in [0.1, 0.15) is 11.5 Å². The van der Waals surface area contributed by atoms with Crippen LogP contribution in [0.2, 0.25) is 5.02 Å². The molecule has 0 N–H and O–H groups in total. The van der Waals surface area contributed by atoms with Gasteiger partial charge in [0, 0.05) is 35.8 Å². The fraction of sp³-hybridized carbons (Fsp3) is 0.360. The second-order valence-corrected chi connectivity index (χ2v) is 8.99. The molecule has 1 amide bonds. The third-order valence-electron chi connectivity index (χ3n) is 6.09. The lowest BCUT2D eigenvalue weighted by atomic mass is 10.1. The predicted octanol–water partition coefficient (Wildman–Crippen LogP) is 5.02. The van der Waals surface area contributed by atoms with Gasteiger partial charge in [0.05, 0.1) is 25.3 Å². The van der Waals surface area contributed by atoms with E-state index in [-0.39, 0.29) is 11.7 Å². The Morgan fingerprint density at radius 3 is 2.45 bits per heavy atom. The van der Waals surface area contributed by atoms with Crippen LogP contribution in [-0.4, -0.2) is 48.8 Å². The van der Waals surface area contributed by atoms with Crippen LogP contribution < -0.4 is 4.90 Å². The molecule has 1 aliphatic heterocycles. The zero-order valence-electron chi connectivity index (χ0n) is 18.2. The normalized spacial score (nSPS) is 16.1. The quantitative estimate of drug-likeness (QED) is 0.486. The maximum absolute atomic E-state index is 13.6. The van der Waals surface area contributed by atoms with E-state index in [1.54, 1.807) is 36.4 Å². The van der Waals surface area contributed by atoms with E-state index in [1.165, 1.54) is 12.1 Å². The van der Waals surface area contributed by atoms with Gasteiger partial charge in [-0.15, -0.1) is 0 Å². The summed E-state index contributed by atoms with van der Waals surface area (Å²) in [5, 5.41) is 4.94. The Hall–Kier alpha value is -2.90. The molecule has 33 heavy (non-hydrogen) atoms. The van der Waals surface area contributed by atoms with Crippen LogP contribution in [-0.2, 0) is 11.3 Å². The molecule has 8 heteroatoms. The summed E-state index contributed by atoms with van der Waals surface area (Å²) in [6.07, 6.45) is 2.24. The molecule has 0 spiro atoms. The number of hydrogen-bond acceptors (Lipinski definition) is 5. The molecule has 2 aromatic carbocycles. The Balaban J connectivity index is 1.51. The summed E-state index contributed by atoms with van der Waals surface area (Å²) in [6.45, 7) is 3.57. The zero-order chi connectivity index (χ0) is 22.8. The second kappa shape index (κ2) is 9.53. The third kappa shape index (κ3) is 5.04. The number of carbonyl (C=O) groups is 1. The highest BCUT2D eigenvalue weighted by atomic mass is 35.5. The Morgan fingerprint density at radius 1 is 1.09 bits per heavy atom. The SMILES string of the molecule is O=C(c1ccc(Cl)cc1)N(Cc1c(-c2ccc(F)cc2)noc1N1CCOCC1)CC1CC1. The minimum atomic E-state index is -0.314. The van der Waals surface area contributed by atoms with Crippen molar-refractivity contribution in [3.8, 4) is 11.3 Å². The molecule has 1 aromatic heterocycles. The number of amides is 1. The lowest BCUT2D eigenvalue weighted by molar-refractivity contribution is 0.0734. The molecule has 2 fully saturated rings. The zero-order valence-corrected chi connectivity index (χ0v) is 18.9. The van der Waals surface area contributed by atoms with Crippen molar-refractivity contribution in [1.82, 2.24) is 10.1 Å². The van der Waals surface area contributed by atoms with Crippen molar-refractivity contribution in [1.29, 1.82) is 0 Å². The average Bonchev–Trinajstić information content (AvgIpc) is 3.57. The minimum absolute atomic E-state index is 0.0576. The maximum Gasteiger partial charge on any atom is 0.254 e. The Morgan fingerprint density at radius 2 is 1.79 bits per heavy atom. The van der Waals surface area contributed by atoms with Gasteiger partial charge in [-0.1, -0.05) is 16.8 Å². The standard InChI is InChI=1S/C25H25ClFN3O3/c26-20-7-3-19(4-8-20)24(31)30(15-17-1-2-17)16-22-23(18-5-9-21(27)10-6-18)28-33-25(22)29-11-13-32-14-12-29/h3-10,17H,1-2,11-16H2. The first-order valence-electron chi connectivity index (χ1n) is 11.2. The van der Waals surface area contributed by atoms with E-state index >= 15 is 0 Å². The Bertz CT molecular complexity index is 1110. The van der Waals surface area contributed by atoms with Crippen molar-refractivity contribution >= 4 is 23.4 Å². The fourth-order valence-corrected chi connectivity index (χ4v) is 4.22. The van der Waals surface area contributed by atoms with Gasteiger partial charge < -0.3 is 19.1 Å². The van der Waals surface area contributed by atoms with Gasteiger partial charge in [-0.05, 0) is 67.3 Å². The van der Waals surface area contributed by atoms with Crippen LogP contribution in [0.3, 0.4) is 0 Å². The first-order chi connectivity index (χ1) is 16.1. The molecule has 5 rings (SSSR count). The highest BCUT2D eigenvalue weighted by molar-refractivity contribution is 6.30. The van der Waals surface area contributed by atoms with Gasteiger partial charge in [0.25, 0.3) is 5.91 Å². The van der Waals surface area contributed by atoms with Crippen molar-refractivity contribution in [3.63, 3.8) is 0 Å². The molecule has 6 nitrogen and oxygen atoms in total. The number of rotatable bonds is 7. The van der Waals surface area contributed by atoms with Crippen molar-refractivity contribution in [3.05, 3.63) is 70.5 Å². The number of hydrogen-bond donors (Lipinski definition) is 0. The summed E-state index contributed by atoms with van der Waals surface area (Å²) >= 11 is 6.02. The third-order valence-corrected chi connectivity index (χ3v) is 6.34. The molecule has 0 bridgehead atoms. The smallest absolute Gasteiger partial charge is 0.254 e. The van der Waals surface area contributed by atoms with E-state index < -0.39 is 0 Å². The van der Waals surface area contributed by atoms with Crippen LogP contribution in [0, 0.1) is 11.7 Å². The summed E-state index contributed by atoms with van der Waals surface area (Å²) in [6, 6.07) is 13.1. The lowest BCUT2D eigenvalue weighted by Gasteiger charge is -2.28. The van der Waals surface area contributed by atoms with Gasteiger partial charge in [-0.2, -0.15) is 0 Å². The monoisotopic (exact) mass is 469 g/mol. The highest BCUT2D eigenvalue weighted by Crippen LogP contribution is 2.36. The summed E-state index contributed by atoms with van der Waals surface area (Å²) in [7, 11) is 0. The minimum Gasteiger partial charge on any atom is -0.378 e. The molecular weight excluding hydrogens is 445 g/mol. The second-order valence-electron chi connectivity index (χ2n) is 8.56. The predicted molar refractivity (Wildman–Crippen MR) is 124 cm³/mol. The Kier molecular flexibility index (Phi) is 6.33. The molecule has 3 aromatic rings. The van der Waals surface area contributed by atoms with Crippen LogP contribution >= 0.6 is 11.6 Å². The van der Waals surface area contributed by atoms with Gasteiger partial charge >= 0.3 is 0 Å². The van der Waals surface area contributed by atoms with E-state index in [0.717, 1.165) is 24.0 Å². The van der Waals surface area contributed by atoms with E-state index in [2.05, 4.69) is 10.1 Å². The molecule has 172 valence electrons. The van der Waals surface area contributed by atoms with Crippen LogP contribution in [0.1, 0.15) is 28.8 Å². The molecule has 1 saturated heterocycles. The number of morpholine rings is 1. The molecule has 0 unspecified atom stereocenters. The first-order valence-corrected chi connectivity index (χ1v) is 11.6. The molecular formula is C25H25ClFN3O3. The van der Waals surface area contributed by atoms with E-state index in [4.69, 9.17) is 20.9 Å². The van der Waals surface area contributed by atoms with E-state index in [9.17, 15) is 9.18 Å². The Labute approximate surface area is 196 Å². The largest absolute Gasteiger partial charge is 0.378 e.